The topological polar surface area (TPSA) is 32.3 Å². The average Bonchev–Trinajstić information content (AvgIpc) is 2.69. The normalized spacial score (nSPS) is 18.5. The fraction of sp³-hybridized carbons (Fsp3) is 0.462. The number of hydrogen-bond acceptors (Lipinski definition) is 2. The maximum absolute atomic E-state index is 13.0. The van der Waals surface area contributed by atoms with Gasteiger partial charge in [-0.25, -0.2) is 8.78 Å². The summed E-state index contributed by atoms with van der Waals surface area (Å²) in [7, 11) is 0. The van der Waals surface area contributed by atoms with Crippen molar-refractivity contribution in [1.29, 1.82) is 0 Å². The van der Waals surface area contributed by atoms with Crippen LogP contribution in [0.25, 0.3) is 0 Å². The van der Waals surface area contributed by atoms with E-state index in [9.17, 15) is 13.6 Å². The van der Waals surface area contributed by atoms with Crippen LogP contribution in [-0.2, 0) is 4.79 Å². The van der Waals surface area contributed by atoms with E-state index in [2.05, 4.69) is 5.32 Å². The summed E-state index contributed by atoms with van der Waals surface area (Å²) in [6.45, 7) is 0.421. The molecule has 0 radical (unpaired) electrons. The van der Waals surface area contributed by atoms with Crippen LogP contribution >= 0.6 is 11.6 Å². The van der Waals surface area contributed by atoms with Crippen molar-refractivity contribution in [3.63, 3.8) is 0 Å². The monoisotopic (exact) mass is 288 g/mol. The number of para-hydroxylation sites is 1. The molecular weight excluding hydrogens is 274 g/mol. The number of amides is 1. The highest BCUT2D eigenvalue weighted by Gasteiger charge is 2.37. The zero-order valence-corrected chi connectivity index (χ0v) is 11.1. The number of anilines is 1. The highest BCUT2D eigenvalue weighted by atomic mass is 35.5. The lowest BCUT2D eigenvalue weighted by molar-refractivity contribution is -0.116. The average molecular weight is 289 g/mol. The summed E-state index contributed by atoms with van der Waals surface area (Å²) in [5.41, 5.74) is 0.543. The fourth-order valence-electron chi connectivity index (χ4n) is 2.03. The van der Waals surface area contributed by atoms with Crippen LogP contribution in [0.5, 0.6) is 0 Å². The maximum atomic E-state index is 13.0. The van der Waals surface area contributed by atoms with E-state index in [0.717, 1.165) is 0 Å². The number of rotatable bonds is 4. The second-order valence-electron chi connectivity index (χ2n) is 4.66. The Morgan fingerprint density at radius 3 is 2.79 bits per heavy atom. The van der Waals surface area contributed by atoms with E-state index in [-0.39, 0.29) is 25.3 Å². The first kappa shape index (κ1) is 14.2. The molecule has 0 atom stereocenters. The van der Waals surface area contributed by atoms with Crippen molar-refractivity contribution < 1.29 is 13.6 Å². The number of likely N-dealkylation sites (tertiary alicyclic amines) is 1. The van der Waals surface area contributed by atoms with Crippen LogP contribution in [0.4, 0.5) is 14.5 Å². The van der Waals surface area contributed by atoms with Crippen molar-refractivity contribution in [2.75, 3.05) is 25.0 Å². The second-order valence-corrected chi connectivity index (χ2v) is 5.07. The third kappa shape index (κ3) is 4.14. The van der Waals surface area contributed by atoms with E-state index in [1.165, 1.54) is 0 Å². The number of nitrogens with one attached hydrogen (secondary N) is 1. The van der Waals surface area contributed by atoms with Gasteiger partial charge in [0.15, 0.2) is 0 Å². The van der Waals surface area contributed by atoms with E-state index in [1.807, 2.05) is 0 Å². The van der Waals surface area contributed by atoms with Crippen molar-refractivity contribution in [2.45, 2.75) is 18.8 Å². The second kappa shape index (κ2) is 5.84. The molecule has 19 heavy (non-hydrogen) atoms. The van der Waals surface area contributed by atoms with Crippen molar-refractivity contribution in [2.24, 2.45) is 0 Å². The van der Waals surface area contributed by atoms with Gasteiger partial charge in [-0.05, 0) is 12.1 Å². The zero-order valence-electron chi connectivity index (χ0n) is 10.3. The first-order valence-corrected chi connectivity index (χ1v) is 6.49. The van der Waals surface area contributed by atoms with E-state index >= 15 is 0 Å². The summed E-state index contributed by atoms with van der Waals surface area (Å²) in [4.78, 5) is 13.3. The number of carbonyl (C=O) groups excluding carboxylic acids is 1. The number of benzene rings is 1. The van der Waals surface area contributed by atoms with E-state index in [1.54, 1.807) is 29.2 Å². The molecule has 1 aliphatic rings. The number of alkyl halides is 2. The van der Waals surface area contributed by atoms with Crippen LogP contribution in [0.3, 0.4) is 0 Å². The Bertz CT molecular complexity index is 468. The molecule has 0 unspecified atom stereocenters. The number of nitrogens with zero attached hydrogens (tertiary/aromatic N) is 1. The van der Waals surface area contributed by atoms with Crippen LogP contribution in [-0.4, -0.2) is 36.4 Å². The van der Waals surface area contributed by atoms with Crippen molar-refractivity contribution in [1.82, 2.24) is 4.90 Å². The van der Waals surface area contributed by atoms with Gasteiger partial charge in [0.25, 0.3) is 5.92 Å². The van der Waals surface area contributed by atoms with Crippen LogP contribution in [0.1, 0.15) is 12.8 Å². The highest BCUT2D eigenvalue weighted by Crippen LogP contribution is 2.26. The van der Waals surface area contributed by atoms with Crippen LogP contribution in [0, 0.1) is 0 Å². The Kier molecular flexibility index (Phi) is 4.37. The number of carbonyl (C=O) groups is 1. The molecule has 1 saturated heterocycles. The zero-order chi connectivity index (χ0) is 13.9. The molecule has 3 nitrogen and oxygen atoms in total. The van der Waals surface area contributed by atoms with Crippen molar-refractivity contribution >= 4 is 23.2 Å². The van der Waals surface area contributed by atoms with Gasteiger partial charge in [0.1, 0.15) is 0 Å². The third-order valence-corrected chi connectivity index (χ3v) is 3.38. The lowest BCUT2D eigenvalue weighted by Crippen LogP contribution is -2.28. The summed E-state index contributed by atoms with van der Waals surface area (Å²) in [5, 5.41) is 3.13. The summed E-state index contributed by atoms with van der Waals surface area (Å²) < 4.78 is 25.9. The molecule has 2 rings (SSSR count). The molecular formula is C13H15ClF2N2O. The van der Waals surface area contributed by atoms with Gasteiger partial charge in [-0.2, -0.15) is 0 Å². The molecule has 1 aromatic carbocycles. The molecule has 1 aliphatic heterocycles. The maximum Gasteiger partial charge on any atom is 0.261 e. The molecule has 1 amide bonds. The molecule has 6 heteroatoms. The van der Waals surface area contributed by atoms with Gasteiger partial charge >= 0.3 is 0 Å². The number of hydrogen-bond donors (Lipinski definition) is 1. The lowest BCUT2D eigenvalue weighted by atomic mass is 10.3. The third-order valence-electron chi connectivity index (χ3n) is 3.05. The van der Waals surface area contributed by atoms with Crippen LogP contribution < -0.4 is 5.32 Å². The smallest absolute Gasteiger partial charge is 0.261 e. The predicted octanol–water partition coefficient (Wildman–Crippen LogP) is 3.01. The first-order chi connectivity index (χ1) is 8.96. The lowest BCUT2D eigenvalue weighted by Gasteiger charge is -2.15. The van der Waals surface area contributed by atoms with Gasteiger partial charge in [-0.1, -0.05) is 23.7 Å². The molecule has 0 aliphatic carbocycles. The number of halogens is 3. The van der Waals surface area contributed by atoms with Crippen molar-refractivity contribution in [3.8, 4) is 0 Å². The molecule has 1 N–H and O–H groups in total. The standard InChI is InChI=1S/C13H15ClF2N2O/c14-10-3-1-2-4-11(10)17-12(19)5-7-18-8-6-13(15,16)9-18/h1-4H,5-9H2,(H,17,19). The van der Waals surface area contributed by atoms with Gasteiger partial charge in [0, 0.05) is 25.9 Å². The van der Waals surface area contributed by atoms with Crippen molar-refractivity contribution in [3.05, 3.63) is 29.3 Å². The molecule has 1 fully saturated rings. The van der Waals surface area contributed by atoms with Gasteiger partial charge < -0.3 is 5.32 Å². The van der Waals surface area contributed by atoms with Gasteiger partial charge in [0.05, 0.1) is 17.3 Å². The Hall–Kier alpha value is -1.20. The molecule has 0 spiro atoms. The molecule has 104 valence electrons. The van der Waals surface area contributed by atoms with Crippen LogP contribution in [0.2, 0.25) is 5.02 Å². The molecule has 1 heterocycles. The minimum absolute atomic E-state index is 0.126. The minimum Gasteiger partial charge on any atom is -0.325 e. The predicted molar refractivity (Wildman–Crippen MR) is 70.7 cm³/mol. The SMILES string of the molecule is O=C(CCN1CCC(F)(F)C1)Nc1ccccc1Cl. The molecule has 0 aromatic heterocycles. The summed E-state index contributed by atoms with van der Waals surface area (Å²) >= 11 is 5.91. The quantitative estimate of drug-likeness (QED) is 0.924. The Morgan fingerprint density at radius 2 is 2.16 bits per heavy atom. The first-order valence-electron chi connectivity index (χ1n) is 6.11. The minimum atomic E-state index is -2.61. The van der Waals surface area contributed by atoms with Gasteiger partial charge in [0.2, 0.25) is 5.91 Å². The molecule has 1 aromatic rings. The van der Waals surface area contributed by atoms with E-state index < -0.39 is 5.92 Å². The van der Waals surface area contributed by atoms with Gasteiger partial charge in [-0.3, -0.25) is 9.69 Å². The Balaban J connectivity index is 1.78. The van der Waals surface area contributed by atoms with E-state index in [0.29, 0.717) is 23.8 Å². The Labute approximate surface area is 115 Å². The largest absolute Gasteiger partial charge is 0.325 e. The Morgan fingerprint density at radius 1 is 1.42 bits per heavy atom. The fourth-order valence-corrected chi connectivity index (χ4v) is 2.22. The molecule has 0 bridgehead atoms. The summed E-state index contributed by atoms with van der Waals surface area (Å²) in [6.07, 6.45) is 0.0560. The summed E-state index contributed by atoms with van der Waals surface area (Å²) in [5.74, 6) is -2.83. The van der Waals surface area contributed by atoms with Gasteiger partial charge in [-0.15, -0.1) is 0 Å². The molecule has 0 saturated carbocycles. The summed E-state index contributed by atoms with van der Waals surface area (Å²) in [6, 6.07) is 6.91. The highest BCUT2D eigenvalue weighted by molar-refractivity contribution is 6.33. The van der Waals surface area contributed by atoms with Crippen LogP contribution in [0.15, 0.2) is 24.3 Å². The van der Waals surface area contributed by atoms with E-state index in [4.69, 9.17) is 11.6 Å².